The van der Waals surface area contributed by atoms with E-state index in [2.05, 4.69) is 53.6 Å². The highest BCUT2D eigenvalue weighted by Gasteiger charge is 2.55. The van der Waals surface area contributed by atoms with E-state index in [1.807, 2.05) is 0 Å². The lowest BCUT2D eigenvalue weighted by Crippen LogP contribution is -2.54. The van der Waals surface area contributed by atoms with Gasteiger partial charge in [0, 0.05) is 10.6 Å². The molecule has 0 saturated heterocycles. The Morgan fingerprint density at radius 3 is 2.19 bits per heavy atom. The summed E-state index contributed by atoms with van der Waals surface area (Å²) in [4.78, 5) is 17.4. The molecule has 0 N–H and O–H groups in total. The summed E-state index contributed by atoms with van der Waals surface area (Å²) in [7, 11) is 0. The lowest BCUT2D eigenvalue weighted by Gasteiger charge is -2.56. The minimum atomic E-state index is -0.0879. The Balaban J connectivity index is 1.48. The van der Waals surface area contributed by atoms with E-state index in [0.29, 0.717) is 12.5 Å². The first kappa shape index (κ1) is 17.5. The summed E-state index contributed by atoms with van der Waals surface area (Å²) in [6, 6.07) is 12.9. The first-order valence-corrected chi connectivity index (χ1v) is 11.5. The number of anilines is 1. The predicted molar refractivity (Wildman–Crippen MR) is 112 cm³/mol. The molecular formula is C24H29NOS. The van der Waals surface area contributed by atoms with Crippen LogP contribution in [0.15, 0.2) is 41.8 Å². The topological polar surface area (TPSA) is 20.3 Å². The fourth-order valence-corrected chi connectivity index (χ4v) is 7.10. The lowest BCUT2D eigenvalue weighted by molar-refractivity contribution is -0.143. The average Bonchev–Trinajstić information content (AvgIpc) is 3.18. The van der Waals surface area contributed by atoms with Crippen molar-refractivity contribution in [3.63, 3.8) is 0 Å². The first-order valence-electron chi connectivity index (χ1n) is 10.6. The second kappa shape index (κ2) is 6.77. The summed E-state index contributed by atoms with van der Waals surface area (Å²) >= 11 is 1.75. The van der Waals surface area contributed by atoms with Gasteiger partial charge in [-0.3, -0.25) is 4.79 Å². The van der Waals surface area contributed by atoms with Crippen molar-refractivity contribution in [3.8, 4) is 0 Å². The van der Waals surface area contributed by atoms with Gasteiger partial charge in [0.1, 0.15) is 0 Å². The van der Waals surface area contributed by atoms with Gasteiger partial charge in [0.2, 0.25) is 5.91 Å². The van der Waals surface area contributed by atoms with Crippen LogP contribution in [0.2, 0.25) is 0 Å². The molecule has 1 amide bonds. The minimum Gasteiger partial charge on any atom is -0.307 e. The molecule has 0 radical (unpaired) electrons. The van der Waals surface area contributed by atoms with Crippen molar-refractivity contribution >= 4 is 22.9 Å². The highest BCUT2D eigenvalue weighted by atomic mass is 32.1. The second-order valence-electron chi connectivity index (χ2n) is 9.19. The zero-order valence-corrected chi connectivity index (χ0v) is 17.0. The Hall–Kier alpha value is -1.61. The molecule has 0 aliphatic heterocycles. The number of hydrogen-bond acceptors (Lipinski definition) is 2. The molecule has 2 nitrogen and oxygen atoms in total. The highest BCUT2D eigenvalue weighted by molar-refractivity contribution is 7.09. The predicted octanol–water partition coefficient (Wildman–Crippen LogP) is 6.06. The molecule has 0 atom stereocenters. The maximum atomic E-state index is 14.0. The molecule has 142 valence electrons. The van der Waals surface area contributed by atoms with E-state index >= 15 is 0 Å². The van der Waals surface area contributed by atoms with E-state index in [9.17, 15) is 4.79 Å². The Kier molecular flexibility index (Phi) is 4.39. The van der Waals surface area contributed by atoms with Gasteiger partial charge in [0.25, 0.3) is 0 Å². The number of thiophene rings is 1. The average molecular weight is 380 g/mol. The van der Waals surface area contributed by atoms with E-state index in [-0.39, 0.29) is 5.41 Å². The van der Waals surface area contributed by atoms with Crippen LogP contribution in [0.1, 0.15) is 55.9 Å². The number of benzene rings is 1. The molecule has 4 fully saturated rings. The van der Waals surface area contributed by atoms with E-state index in [0.717, 1.165) is 49.1 Å². The maximum absolute atomic E-state index is 14.0. The molecule has 27 heavy (non-hydrogen) atoms. The van der Waals surface area contributed by atoms with E-state index in [1.165, 1.54) is 29.7 Å². The van der Waals surface area contributed by atoms with Crippen molar-refractivity contribution in [3.05, 3.63) is 52.2 Å². The third kappa shape index (κ3) is 3.14. The Morgan fingerprint density at radius 2 is 1.67 bits per heavy atom. The van der Waals surface area contributed by atoms with Gasteiger partial charge in [0.05, 0.1) is 12.0 Å². The first-order chi connectivity index (χ1) is 13.1. The number of carbonyl (C=O) groups is 1. The minimum absolute atomic E-state index is 0.0879. The highest BCUT2D eigenvalue weighted by Crippen LogP contribution is 2.60. The molecule has 4 bridgehead atoms. The van der Waals surface area contributed by atoms with Crippen LogP contribution in [0.5, 0.6) is 0 Å². The number of rotatable bonds is 5. The van der Waals surface area contributed by atoms with Crippen LogP contribution in [-0.4, -0.2) is 5.91 Å². The second-order valence-corrected chi connectivity index (χ2v) is 10.2. The van der Waals surface area contributed by atoms with Crippen LogP contribution in [0.3, 0.4) is 0 Å². The maximum Gasteiger partial charge on any atom is 0.233 e. The van der Waals surface area contributed by atoms with Crippen LogP contribution < -0.4 is 4.90 Å². The molecule has 1 aromatic carbocycles. The van der Waals surface area contributed by atoms with E-state index in [4.69, 9.17) is 0 Å². The molecule has 3 heteroatoms. The van der Waals surface area contributed by atoms with Crippen molar-refractivity contribution < 1.29 is 4.79 Å². The van der Waals surface area contributed by atoms with Crippen LogP contribution in [0.4, 0.5) is 5.69 Å². The molecule has 0 spiro atoms. The van der Waals surface area contributed by atoms with Gasteiger partial charge in [-0.15, -0.1) is 11.3 Å². The number of aryl methyl sites for hydroxylation is 1. The van der Waals surface area contributed by atoms with Crippen molar-refractivity contribution in [1.29, 1.82) is 0 Å². The summed E-state index contributed by atoms with van der Waals surface area (Å²) in [6.07, 6.45) is 8.56. The molecule has 6 rings (SSSR count). The van der Waals surface area contributed by atoms with Crippen LogP contribution in [0, 0.1) is 23.2 Å². The van der Waals surface area contributed by atoms with Gasteiger partial charge in [-0.25, -0.2) is 0 Å². The van der Waals surface area contributed by atoms with Gasteiger partial charge in [-0.1, -0.05) is 25.1 Å². The number of nitrogens with zero attached hydrogens (tertiary/aromatic N) is 1. The third-order valence-electron chi connectivity index (χ3n) is 7.29. The zero-order chi connectivity index (χ0) is 18.4. The Bertz CT molecular complexity index is 772. The summed E-state index contributed by atoms with van der Waals surface area (Å²) < 4.78 is 0. The smallest absolute Gasteiger partial charge is 0.233 e. The van der Waals surface area contributed by atoms with Gasteiger partial charge >= 0.3 is 0 Å². The third-order valence-corrected chi connectivity index (χ3v) is 8.15. The number of hydrogen-bond donors (Lipinski definition) is 0. The quantitative estimate of drug-likeness (QED) is 0.618. The summed E-state index contributed by atoms with van der Waals surface area (Å²) in [5, 5.41) is 2.11. The SMILES string of the molecule is CCc1ccc(N(Cc2cccs2)C(=O)C23CC4CC(CC(C4)C2)C3)cc1. The van der Waals surface area contributed by atoms with Crippen LogP contribution in [0.25, 0.3) is 0 Å². The largest absolute Gasteiger partial charge is 0.307 e. The van der Waals surface area contributed by atoms with Crippen molar-refractivity contribution in [1.82, 2.24) is 0 Å². The molecule has 4 aliphatic carbocycles. The fraction of sp³-hybridized carbons (Fsp3) is 0.542. The molecule has 4 saturated carbocycles. The number of amides is 1. The fourth-order valence-electron chi connectivity index (χ4n) is 6.41. The van der Waals surface area contributed by atoms with E-state index < -0.39 is 0 Å². The van der Waals surface area contributed by atoms with Crippen molar-refractivity contribution in [2.75, 3.05) is 4.90 Å². The normalized spacial score (nSPS) is 31.2. The van der Waals surface area contributed by atoms with Gasteiger partial charge < -0.3 is 4.90 Å². The van der Waals surface area contributed by atoms with Crippen molar-refractivity contribution in [2.24, 2.45) is 23.2 Å². The molecule has 2 aromatic rings. The number of carbonyl (C=O) groups excluding carboxylic acids is 1. The van der Waals surface area contributed by atoms with Gasteiger partial charge in [-0.05, 0) is 91.8 Å². The van der Waals surface area contributed by atoms with Gasteiger partial charge in [0.15, 0.2) is 0 Å². The standard InChI is InChI=1S/C24H29NOS/c1-2-17-5-7-21(8-6-17)25(16-22-4-3-9-27-22)23(26)24-13-18-10-19(14-24)12-20(11-18)15-24/h3-9,18-20H,2,10-16H2,1H3. The molecular weight excluding hydrogens is 350 g/mol. The van der Waals surface area contributed by atoms with Gasteiger partial charge in [-0.2, -0.15) is 0 Å². The van der Waals surface area contributed by atoms with Crippen LogP contribution >= 0.6 is 11.3 Å². The monoisotopic (exact) mass is 379 g/mol. The molecule has 0 unspecified atom stereocenters. The van der Waals surface area contributed by atoms with Crippen molar-refractivity contribution in [2.45, 2.75) is 58.4 Å². The Morgan fingerprint density at radius 1 is 1.04 bits per heavy atom. The summed E-state index contributed by atoms with van der Waals surface area (Å²) in [5.41, 5.74) is 2.31. The molecule has 1 heterocycles. The Labute approximate surface area is 166 Å². The summed E-state index contributed by atoms with van der Waals surface area (Å²) in [5.74, 6) is 2.79. The van der Waals surface area contributed by atoms with E-state index in [1.54, 1.807) is 11.3 Å². The lowest BCUT2D eigenvalue weighted by atomic mass is 9.49. The summed E-state index contributed by atoms with van der Waals surface area (Å²) in [6.45, 7) is 2.89. The zero-order valence-electron chi connectivity index (χ0n) is 16.2. The molecule has 1 aromatic heterocycles. The van der Waals surface area contributed by atoms with Crippen LogP contribution in [-0.2, 0) is 17.8 Å². The molecule has 4 aliphatic rings.